The number of anilines is 2. The molecule has 2 aliphatic carbocycles. The highest BCUT2D eigenvalue weighted by molar-refractivity contribution is 7.93. The van der Waals surface area contributed by atoms with Gasteiger partial charge in [0.1, 0.15) is 17.7 Å². The van der Waals surface area contributed by atoms with Gasteiger partial charge in [-0.1, -0.05) is 65.7 Å². The van der Waals surface area contributed by atoms with Crippen molar-refractivity contribution in [2.24, 2.45) is 5.92 Å². The van der Waals surface area contributed by atoms with Gasteiger partial charge in [-0.15, -0.1) is 0 Å². The lowest BCUT2D eigenvalue weighted by molar-refractivity contribution is -0.179. The summed E-state index contributed by atoms with van der Waals surface area (Å²) >= 11 is 12.8. The predicted molar refractivity (Wildman–Crippen MR) is 193 cm³/mol. The minimum atomic E-state index is -3.96. The van der Waals surface area contributed by atoms with E-state index in [2.05, 4.69) is 10.3 Å². The Morgan fingerprint density at radius 3 is 2.46 bits per heavy atom. The minimum Gasteiger partial charge on any atom is -0.362 e. The topological polar surface area (TPSA) is 109 Å². The molecular weight excluding hydrogens is 702 g/mol. The number of amides is 2. The number of aromatic nitrogens is 1. The van der Waals surface area contributed by atoms with Crippen LogP contribution < -0.4 is 9.62 Å². The van der Waals surface area contributed by atoms with E-state index in [1.165, 1.54) is 18.2 Å². The number of nitrogens with zero attached hydrogens (tertiary/aromatic N) is 3. The molecule has 1 aliphatic heterocycles. The Morgan fingerprint density at radius 2 is 1.82 bits per heavy atom. The Labute approximate surface area is 302 Å². The van der Waals surface area contributed by atoms with Crippen molar-refractivity contribution in [2.75, 3.05) is 16.2 Å². The average molecular weight is 742 g/mol. The Morgan fingerprint density at radius 1 is 1.10 bits per heavy atom. The average Bonchev–Trinajstić information content (AvgIpc) is 4.01. The number of allylic oxidation sites excluding steroid dienone is 3. The van der Waals surface area contributed by atoms with E-state index in [4.69, 9.17) is 27.9 Å². The maximum absolute atomic E-state index is 15.4. The highest BCUT2D eigenvalue weighted by Crippen LogP contribution is 2.45. The highest BCUT2D eigenvalue weighted by atomic mass is 35.5. The molecular formula is C37H39Cl2FN4O5S. The van der Waals surface area contributed by atoms with Crippen LogP contribution >= 0.6 is 23.2 Å². The zero-order chi connectivity index (χ0) is 35.4. The number of pyridine rings is 1. The van der Waals surface area contributed by atoms with Crippen molar-refractivity contribution >= 4 is 56.5 Å². The third kappa shape index (κ3) is 8.39. The lowest BCUT2D eigenvalue weighted by Gasteiger charge is -2.49. The molecule has 2 aromatic carbocycles. The van der Waals surface area contributed by atoms with E-state index in [-0.39, 0.29) is 31.0 Å². The van der Waals surface area contributed by atoms with Crippen molar-refractivity contribution in [2.45, 2.75) is 75.0 Å². The maximum Gasteiger partial charge on any atom is 0.253 e. The molecule has 3 fully saturated rings. The van der Waals surface area contributed by atoms with Gasteiger partial charge >= 0.3 is 0 Å². The fraction of sp³-hybridized carbons (Fsp3) is 0.378. The molecule has 1 saturated heterocycles. The number of nitrogens with one attached hydrogen (secondary N) is 1. The summed E-state index contributed by atoms with van der Waals surface area (Å²) in [6.45, 7) is 1.69. The minimum absolute atomic E-state index is 0.0577. The Hall–Kier alpha value is -3.77. The molecule has 2 heterocycles. The Kier molecular flexibility index (Phi) is 11.3. The molecule has 50 heavy (non-hydrogen) atoms. The van der Waals surface area contributed by atoms with Crippen molar-refractivity contribution in [3.8, 4) is 0 Å². The molecule has 13 heteroatoms. The van der Waals surface area contributed by atoms with Crippen LogP contribution in [0.1, 0.15) is 57.1 Å². The number of benzene rings is 2. The summed E-state index contributed by atoms with van der Waals surface area (Å²) in [5.74, 6) is -1.34. The van der Waals surface area contributed by atoms with Gasteiger partial charge in [-0.2, -0.15) is 0 Å². The lowest BCUT2D eigenvalue weighted by atomic mass is 9.91. The van der Waals surface area contributed by atoms with Crippen molar-refractivity contribution in [1.29, 1.82) is 0 Å². The SMILES string of the molecule is CC=CC(Cl)=CCC1OC(CC(=O)Nc2ccccn2)C(=O)N(C(CN(c2ccccc2F)S(=O)(=O)C2CC2)C2CC2)C1c1ccc(Cl)cc1. The molecule has 264 valence electrons. The third-order valence-electron chi connectivity index (χ3n) is 9.16. The summed E-state index contributed by atoms with van der Waals surface area (Å²) in [6.07, 6.45) is 7.42. The molecule has 9 nitrogen and oxygen atoms in total. The second kappa shape index (κ2) is 15.6. The monoisotopic (exact) mass is 740 g/mol. The summed E-state index contributed by atoms with van der Waals surface area (Å²) in [5.41, 5.74) is 0.658. The smallest absolute Gasteiger partial charge is 0.253 e. The molecule has 4 unspecified atom stereocenters. The van der Waals surface area contributed by atoms with Crippen LogP contribution in [0, 0.1) is 11.7 Å². The number of carbonyl (C=O) groups excluding carboxylic acids is 2. The van der Waals surface area contributed by atoms with Crippen LogP contribution in [0.25, 0.3) is 0 Å². The van der Waals surface area contributed by atoms with Gasteiger partial charge in [0.25, 0.3) is 5.91 Å². The van der Waals surface area contributed by atoms with Crippen LogP contribution in [0.3, 0.4) is 0 Å². The van der Waals surface area contributed by atoms with Gasteiger partial charge in [0.05, 0.1) is 42.1 Å². The number of hydrogen-bond donors (Lipinski definition) is 1. The third-order valence-corrected chi connectivity index (χ3v) is 12.0. The molecule has 4 atom stereocenters. The largest absolute Gasteiger partial charge is 0.362 e. The van der Waals surface area contributed by atoms with E-state index >= 15 is 4.39 Å². The second-order valence-corrected chi connectivity index (χ2v) is 15.8. The number of sulfonamides is 1. The van der Waals surface area contributed by atoms with E-state index in [1.807, 2.05) is 19.1 Å². The summed E-state index contributed by atoms with van der Waals surface area (Å²) in [4.78, 5) is 34.0. The van der Waals surface area contributed by atoms with Crippen LogP contribution in [0.15, 0.2) is 96.2 Å². The zero-order valence-corrected chi connectivity index (χ0v) is 29.8. The molecule has 2 amide bonds. The fourth-order valence-electron chi connectivity index (χ4n) is 6.46. The van der Waals surface area contributed by atoms with Crippen LogP contribution in [0.5, 0.6) is 0 Å². The normalized spacial score (nSPS) is 22.1. The molecule has 3 aliphatic rings. The first kappa shape index (κ1) is 36.0. The number of ether oxygens (including phenoxy) is 1. The maximum atomic E-state index is 15.4. The summed E-state index contributed by atoms with van der Waals surface area (Å²) in [6, 6.07) is 16.6. The van der Waals surface area contributed by atoms with Crippen LogP contribution in [-0.4, -0.2) is 60.2 Å². The number of halogens is 3. The second-order valence-electron chi connectivity index (χ2n) is 12.8. The lowest BCUT2D eigenvalue weighted by Crippen LogP contribution is -2.61. The van der Waals surface area contributed by atoms with Gasteiger partial charge in [-0.3, -0.25) is 13.9 Å². The molecule has 3 aromatic rings. The standard InChI is InChI=1S/C37H39Cl2FN4O5S/c1-2-7-26(38)17-20-32-36(25-13-15-27(39)16-14-25)44(37(46)33(49-32)22-35(45)42-34-10-5-6-21-41-34)31(24-11-12-24)23-43(50(47,48)28-18-19-28)30-9-4-3-8-29(30)40/h2-10,13-17,21,24,28,31-33,36H,11-12,18-20,22-23H2,1H3,(H,41,42,45). The van der Waals surface area contributed by atoms with Gasteiger partial charge in [0.2, 0.25) is 15.9 Å². The Bertz CT molecular complexity index is 1850. The zero-order valence-electron chi connectivity index (χ0n) is 27.5. The van der Waals surface area contributed by atoms with Gasteiger partial charge in [0, 0.05) is 16.3 Å². The van der Waals surface area contributed by atoms with E-state index in [9.17, 15) is 18.0 Å². The van der Waals surface area contributed by atoms with Crippen molar-refractivity contribution in [3.05, 3.63) is 113 Å². The molecule has 0 spiro atoms. The van der Waals surface area contributed by atoms with E-state index in [0.29, 0.717) is 34.3 Å². The van der Waals surface area contributed by atoms with E-state index < -0.39 is 57.2 Å². The number of morpholine rings is 1. The van der Waals surface area contributed by atoms with Gasteiger partial charge < -0.3 is 15.0 Å². The van der Waals surface area contributed by atoms with Crippen LogP contribution in [0.2, 0.25) is 5.02 Å². The molecule has 6 rings (SSSR count). The van der Waals surface area contributed by atoms with E-state index in [0.717, 1.165) is 17.1 Å². The Balaban J connectivity index is 1.43. The van der Waals surface area contributed by atoms with Crippen LogP contribution in [-0.2, 0) is 24.3 Å². The first-order chi connectivity index (χ1) is 24.1. The quantitative estimate of drug-likeness (QED) is 0.173. The first-order valence-corrected chi connectivity index (χ1v) is 19.0. The summed E-state index contributed by atoms with van der Waals surface area (Å²) in [5, 5.41) is 3.08. The fourth-order valence-corrected chi connectivity index (χ4v) is 8.68. The molecule has 1 aromatic heterocycles. The predicted octanol–water partition coefficient (Wildman–Crippen LogP) is 7.41. The first-order valence-electron chi connectivity index (χ1n) is 16.7. The molecule has 0 radical (unpaired) electrons. The molecule has 1 N–H and O–H groups in total. The molecule has 2 saturated carbocycles. The summed E-state index contributed by atoms with van der Waals surface area (Å²) in [7, 11) is -3.96. The van der Waals surface area contributed by atoms with Crippen LogP contribution in [0.4, 0.5) is 15.9 Å². The van der Waals surface area contributed by atoms with Crippen molar-refractivity contribution in [1.82, 2.24) is 9.88 Å². The number of hydrogen-bond acceptors (Lipinski definition) is 6. The summed E-state index contributed by atoms with van der Waals surface area (Å²) < 4.78 is 51.1. The number of rotatable bonds is 14. The van der Waals surface area contributed by atoms with Crippen molar-refractivity contribution in [3.63, 3.8) is 0 Å². The number of carbonyl (C=O) groups is 2. The van der Waals surface area contributed by atoms with Gasteiger partial charge in [-0.05, 0) is 93.0 Å². The highest BCUT2D eigenvalue weighted by Gasteiger charge is 2.52. The number of para-hydroxylation sites is 1. The van der Waals surface area contributed by atoms with Gasteiger partial charge in [-0.25, -0.2) is 17.8 Å². The van der Waals surface area contributed by atoms with E-state index in [1.54, 1.807) is 65.7 Å². The molecule has 0 bridgehead atoms. The van der Waals surface area contributed by atoms with Crippen molar-refractivity contribution < 1.29 is 27.1 Å². The van der Waals surface area contributed by atoms with Gasteiger partial charge in [0.15, 0.2) is 0 Å².